The molecule has 1 aromatic rings. The number of nitrogens with one attached hydrogen (secondary N) is 1. The van der Waals surface area contributed by atoms with Gasteiger partial charge in [0.2, 0.25) is 5.91 Å². The van der Waals surface area contributed by atoms with Gasteiger partial charge in [0.05, 0.1) is 12.0 Å². The first kappa shape index (κ1) is 17.6. The molecule has 0 spiro atoms. The van der Waals surface area contributed by atoms with E-state index in [4.69, 9.17) is 10.5 Å². The maximum atomic E-state index is 12.6. The Morgan fingerprint density at radius 3 is 2.80 bits per heavy atom. The second-order valence-electron chi connectivity index (χ2n) is 7.52. The molecule has 0 aliphatic carbocycles. The number of hydrogen-bond donors (Lipinski definition) is 2. The van der Waals surface area contributed by atoms with Crippen LogP contribution in [0.2, 0.25) is 0 Å². The van der Waals surface area contributed by atoms with Gasteiger partial charge in [-0.3, -0.25) is 4.79 Å². The number of urea groups is 1. The number of likely N-dealkylation sites (tertiary alicyclic amines) is 1. The van der Waals surface area contributed by atoms with Gasteiger partial charge in [-0.2, -0.15) is 0 Å². The zero-order valence-corrected chi connectivity index (χ0v) is 15.1. The van der Waals surface area contributed by atoms with E-state index < -0.39 is 0 Å². The lowest BCUT2D eigenvalue weighted by molar-refractivity contribution is -0.123. The summed E-state index contributed by atoms with van der Waals surface area (Å²) in [5.41, 5.74) is 7.68. The second kappa shape index (κ2) is 6.94. The predicted octanol–water partition coefficient (Wildman–Crippen LogP) is 2.22. The van der Waals surface area contributed by atoms with E-state index >= 15 is 0 Å². The van der Waals surface area contributed by atoms with E-state index in [9.17, 15) is 9.59 Å². The number of piperidine rings is 1. The van der Waals surface area contributed by atoms with Crippen LogP contribution in [-0.2, 0) is 11.2 Å². The van der Waals surface area contributed by atoms with Gasteiger partial charge < -0.3 is 20.7 Å². The summed E-state index contributed by atoms with van der Waals surface area (Å²) in [5, 5.41) is 3.04. The third kappa shape index (κ3) is 3.89. The van der Waals surface area contributed by atoms with E-state index in [1.165, 1.54) is 5.56 Å². The highest BCUT2D eigenvalue weighted by molar-refractivity contribution is 5.79. The van der Waals surface area contributed by atoms with E-state index in [1.807, 2.05) is 26.0 Å². The summed E-state index contributed by atoms with van der Waals surface area (Å²) in [5.74, 6) is 0.614. The average Bonchev–Trinajstić information content (AvgIpc) is 2.93. The van der Waals surface area contributed by atoms with E-state index in [-0.39, 0.29) is 35.9 Å². The van der Waals surface area contributed by atoms with Crippen molar-refractivity contribution in [2.75, 3.05) is 13.1 Å². The van der Waals surface area contributed by atoms with Crippen LogP contribution in [0.1, 0.15) is 44.4 Å². The van der Waals surface area contributed by atoms with Crippen LogP contribution in [0.15, 0.2) is 18.2 Å². The first-order chi connectivity index (χ1) is 11.8. The molecule has 2 aliphatic rings. The number of benzene rings is 1. The monoisotopic (exact) mass is 345 g/mol. The van der Waals surface area contributed by atoms with Crippen molar-refractivity contribution in [3.63, 3.8) is 0 Å². The Balaban J connectivity index is 1.64. The highest BCUT2D eigenvalue weighted by Gasteiger charge is 2.31. The smallest absolute Gasteiger partial charge is 0.317 e. The number of fused-ring (bicyclic) bond motifs is 1. The molecule has 25 heavy (non-hydrogen) atoms. The predicted molar refractivity (Wildman–Crippen MR) is 95.2 cm³/mol. The fourth-order valence-electron chi connectivity index (χ4n) is 3.79. The van der Waals surface area contributed by atoms with Gasteiger partial charge in [-0.25, -0.2) is 4.79 Å². The minimum Gasteiger partial charge on any atom is -0.490 e. The van der Waals surface area contributed by atoms with Crippen LogP contribution in [0.4, 0.5) is 4.79 Å². The Bertz CT molecular complexity index is 676. The number of hydrogen-bond acceptors (Lipinski definition) is 3. The summed E-state index contributed by atoms with van der Waals surface area (Å²) in [7, 11) is 0. The van der Waals surface area contributed by atoms with E-state index in [1.54, 1.807) is 4.90 Å². The molecule has 3 amide bonds. The summed E-state index contributed by atoms with van der Waals surface area (Å²) in [4.78, 5) is 25.8. The van der Waals surface area contributed by atoms with Crippen LogP contribution in [-0.4, -0.2) is 36.0 Å². The van der Waals surface area contributed by atoms with Gasteiger partial charge in [-0.15, -0.1) is 0 Å². The quantitative estimate of drug-likeness (QED) is 0.881. The van der Waals surface area contributed by atoms with Crippen molar-refractivity contribution in [1.29, 1.82) is 0 Å². The van der Waals surface area contributed by atoms with Gasteiger partial charge >= 0.3 is 6.03 Å². The Morgan fingerprint density at radius 2 is 2.08 bits per heavy atom. The molecule has 4 atom stereocenters. The van der Waals surface area contributed by atoms with Crippen molar-refractivity contribution in [2.45, 2.75) is 45.8 Å². The molecule has 3 unspecified atom stereocenters. The Kier molecular flexibility index (Phi) is 4.88. The summed E-state index contributed by atoms with van der Waals surface area (Å²) in [6.07, 6.45) is 1.85. The molecule has 0 aromatic heterocycles. The Hall–Kier alpha value is -2.24. The van der Waals surface area contributed by atoms with Crippen LogP contribution in [0.3, 0.4) is 0 Å². The Morgan fingerprint density at radius 1 is 1.32 bits per heavy atom. The summed E-state index contributed by atoms with van der Waals surface area (Å²) in [6, 6.07) is 5.82. The summed E-state index contributed by atoms with van der Waals surface area (Å²) in [6.45, 7) is 7.11. The molecule has 3 N–H and O–H groups in total. The minimum atomic E-state index is -0.329. The number of carbonyl (C=O) groups excluding carboxylic acids is 2. The molecule has 1 saturated heterocycles. The lowest BCUT2D eigenvalue weighted by atomic mass is 9.90. The first-order valence-corrected chi connectivity index (χ1v) is 8.97. The third-order valence-corrected chi connectivity index (χ3v) is 5.11. The van der Waals surface area contributed by atoms with Gasteiger partial charge in [0.1, 0.15) is 11.9 Å². The number of nitrogens with two attached hydrogens (primary N) is 1. The van der Waals surface area contributed by atoms with Gasteiger partial charge in [0.25, 0.3) is 0 Å². The van der Waals surface area contributed by atoms with Crippen molar-refractivity contribution in [3.05, 3.63) is 29.3 Å². The molecule has 2 heterocycles. The number of rotatable bonds is 3. The molecule has 0 saturated carbocycles. The highest BCUT2D eigenvalue weighted by atomic mass is 16.5. The van der Waals surface area contributed by atoms with Crippen molar-refractivity contribution >= 4 is 11.9 Å². The van der Waals surface area contributed by atoms with Crippen molar-refractivity contribution in [2.24, 2.45) is 17.6 Å². The molecular weight excluding hydrogens is 318 g/mol. The zero-order chi connectivity index (χ0) is 18.1. The molecule has 3 rings (SSSR count). The second-order valence-corrected chi connectivity index (χ2v) is 7.52. The van der Waals surface area contributed by atoms with E-state index in [2.05, 4.69) is 18.3 Å². The maximum absolute atomic E-state index is 12.6. The molecule has 0 radical (unpaired) electrons. The van der Waals surface area contributed by atoms with Crippen LogP contribution in [0, 0.1) is 11.8 Å². The minimum absolute atomic E-state index is 0.113. The zero-order valence-electron chi connectivity index (χ0n) is 15.1. The lowest BCUT2D eigenvalue weighted by Crippen LogP contribution is -2.50. The first-order valence-electron chi connectivity index (χ1n) is 8.97. The molecule has 136 valence electrons. The molecular formula is C19H27N3O3. The van der Waals surface area contributed by atoms with Crippen molar-refractivity contribution in [3.8, 4) is 5.75 Å². The largest absolute Gasteiger partial charge is 0.490 e. The lowest BCUT2D eigenvalue weighted by Gasteiger charge is -2.35. The number of nitrogens with zero attached hydrogens (tertiary/aromatic N) is 1. The number of primary amides is 1. The van der Waals surface area contributed by atoms with Gasteiger partial charge in [-0.05, 0) is 49.4 Å². The van der Waals surface area contributed by atoms with Gasteiger partial charge in [0, 0.05) is 19.5 Å². The standard InChI is InChI=1S/C19H27N3O3/c1-11-6-16(18(20)23)10-22(9-11)19(24)21-13(3)14-4-5-17-15(8-14)7-12(2)25-17/h4-5,8,11-13,16H,6-7,9-10H2,1-3H3,(H2,20,23)(H,21,24)/t11?,12?,13-,16?/m1/s1. The van der Waals surface area contributed by atoms with E-state index in [0.717, 1.165) is 24.2 Å². The fraction of sp³-hybridized carbons (Fsp3) is 0.579. The highest BCUT2D eigenvalue weighted by Crippen LogP contribution is 2.31. The van der Waals surface area contributed by atoms with Crippen LogP contribution in [0.5, 0.6) is 5.75 Å². The molecule has 6 nitrogen and oxygen atoms in total. The number of ether oxygens (including phenoxy) is 1. The third-order valence-electron chi connectivity index (χ3n) is 5.11. The maximum Gasteiger partial charge on any atom is 0.317 e. The SMILES string of the molecule is CC1CC(C(N)=O)CN(C(=O)N[C@H](C)c2ccc3c(c2)CC(C)O3)C1. The van der Waals surface area contributed by atoms with Crippen molar-refractivity contribution in [1.82, 2.24) is 10.2 Å². The molecule has 2 aliphatic heterocycles. The van der Waals surface area contributed by atoms with Crippen LogP contribution >= 0.6 is 0 Å². The fourth-order valence-corrected chi connectivity index (χ4v) is 3.79. The van der Waals surface area contributed by atoms with E-state index in [0.29, 0.717) is 13.1 Å². The van der Waals surface area contributed by atoms with Crippen LogP contribution < -0.4 is 15.8 Å². The Labute approximate surface area is 148 Å². The topological polar surface area (TPSA) is 84.7 Å². The summed E-state index contributed by atoms with van der Waals surface area (Å²) < 4.78 is 5.72. The van der Waals surface area contributed by atoms with Gasteiger partial charge in [-0.1, -0.05) is 13.0 Å². The van der Waals surface area contributed by atoms with Gasteiger partial charge in [0.15, 0.2) is 0 Å². The molecule has 6 heteroatoms. The number of amides is 3. The number of carbonyl (C=O) groups is 2. The summed E-state index contributed by atoms with van der Waals surface area (Å²) >= 11 is 0. The molecule has 1 aromatic carbocycles. The molecule has 1 fully saturated rings. The van der Waals surface area contributed by atoms with Crippen LogP contribution in [0.25, 0.3) is 0 Å². The average molecular weight is 345 g/mol. The normalized spacial score (nSPS) is 26.5. The van der Waals surface area contributed by atoms with Crippen molar-refractivity contribution < 1.29 is 14.3 Å². The molecule has 0 bridgehead atoms.